The Labute approximate surface area is 112 Å². The van der Waals surface area contributed by atoms with Gasteiger partial charge in [0.25, 0.3) is 0 Å². The van der Waals surface area contributed by atoms with Crippen LogP contribution in [0.25, 0.3) is 0 Å². The van der Waals surface area contributed by atoms with Crippen LogP contribution in [-0.4, -0.2) is 30.4 Å². The summed E-state index contributed by atoms with van der Waals surface area (Å²) in [6, 6.07) is 6.25. The van der Waals surface area contributed by atoms with E-state index in [2.05, 4.69) is 4.90 Å². The Kier molecular flexibility index (Phi) is 4.50. The highest BCUT2D eigenvalue weighted by Crippen LogP contribution is 2.20. The van der Waals surface area contributed by atoms with Gasteiger partial charge in [-0.25, -0.2) is 4.39 Å². The Morgan fingerprint density at radius 2 is 2.00 bits per heavy atom. The molecule has 1 unspecified atom stereocenters. The molecule has 5 heteroatoms. The number of hydrogen-bond donors (Lipinski definition) is 2. The molecule has 2 rings (SSSR count). The number of hydrogen-bond acceptors (Lipinski definition) is 3. The molecule has 0 aromatic heterocycles. The van der Waals surface area contributed by atoms with Crippen molar-refractivity contribution >= 4 is 5.91 Å². The van der Waals surface area contributed by atoms with Crippen molar-refractivity contribution in [3.8, 4) is 0 Å². The lowest BCUT2D eigenvalue weighted by atomic mass is 9.95. The number of benzene rings is 1. The van der Waals surface area contributed by atoms with Gasteiger partial charge in [0.15, 0.2) is 0 Å². The molecular weight excluding hydrogens is 245 g/mol. The Hall–Kier alpha value is -1.46. The Morgan fingerprint density at radius 1 is 1.37 bits per heavy atom. The minimum Gasteiger partial charge on any atom is -0.369 e. The minimum absolute atomic E-state index is 0.0269. The largest absolute Gasteiger partial charge is 0.369 e. The standard InChI is InChI=1S/C14H20FN3O/c15-12-4-2-1-3-11(12)13(16)9-18-7-5-10(6-8-18)14(17)19/h1-4,10,13H,5-9,16H2,(H2,17,19). The van der Waals surface area contributed by atoms with Crippen LogP contribution >= 0.6 is 0 Å². The fourth-order valence-corrected chi connectivity index (χ4v) is 2.55. The van der Waals surface area contributed by atoms with E-state index < -0.39 is 0 Å². The van der Waals surface area contributed by atoms with Gasteiger partial charge >= 0.3 is 0 Å². The molecule has 0 saturated carbocycles. The lowest BCUT2D eigenvalue weighted by Crippen LogP contribution is -2.41. The normalized spacial score (nSPS) is 19.3. The molecule has 1 aliphatic rings. The maximum Gasteiger partial charge on any atom is 0.220 e. The summed E-state index contributed by atoms with van der Waals surface area (Å²) in [7, 11) is 0. The average Bonchev–Trinajstić information content (AvgIpc) is 2.39. The van der Waals surface area contributed by atoms with E-state index in [1.54, 1.807) is 18.2 Å². The second-order valence-corrected chi connectivity index (χ2v) is 5.11. The number of piperidine rings is 1. The lowest BCUT2D eigenvalue weighted by molar-refractivity contribution is -0.123. The molecule has 1 heterocycles. The number of amides is 1. The summed E-state index contributed by atoms with van der Waals surface area (Å²) < 4.78 is 13.6. The van der Waals surface area contributed by atoms with Gasteiger partial charge < -0.3 is 16.4 Å². The fourth-order valence-electron chi connectivity index (χ4n) is 2.55. The van der Waals surface area contributed by atoms with E-state index >= 15 is 0 Å². The smallest absolute Gasteiger partial charge is 0.220 e. The number of likely N-dealkylation sites (tertiary alicyclic amines) is 1. The predicted molar refractivity (Wildman–Crippen MR) is 71.7 cm³/mol. The van der Waals surface area contributed by atoms with E-state index in [0.717, 1.165) is 25.9 Å². The maximum absolute atomic E-state index is 13.6. The van der Waals surface area contributed by atoms with Gasteiger partial charge in [-0.05, 0) is 32.0 Å². The van der Waals surface area contributed by atoms with Crippen molar-refractivity contribution in [1.82, 2.24) is 4.90 Å². The molecule has 104 valence electrons. The van der Waals surface area contributed by atoms with Crippen LogP contribution < -0.4 is 11.5 Å². The Balaban J connectivity index is 1.89. The third kappa shape index (κ3) is 3.52. The van der Waals surface area contributed by atoms with E-state index in [-0.39, 0.29) is 23.7 Å². The monoisotopic (exact) mass is 265 g/mol. The second-order valence-electron chi connectivity index (χ2n) is 5.11. The number of rotatable bonds is 4. The highest BCUT2D eigenvalue weighted by atomic mass is 19.1. The van der Waals surface area contributed by atoms with Crippen LogP contribution in [0.4, 0.5) is 4.39 Å². The molecule has 0 aliphatic carbocycles. The summed E-state index contributed by atoms with van der Waals surface area (Å²) in [6.07, 6.45) is 1.53. The van der Waals surface area contributed by atoms with Gasteiger partial charge in [0.2, 0.25) is 5.91 Å². The van der Waals surface area contributed by atoms with Crippen LogP contribution in [0, 0.1) is 11.7 Å². The van der Waals surface area contributed by atoms with Gasteiger partial charge in [-0.15, -0.1) is 0 Å². The number of primary amides is 1. The number of nitrogens with two attached hydrogens (primary N) is 2. The zero-order valence-corrected chi connectivity index (χ0v) is 10.9. The number of carbonyl (C=O) groups is 1. The molecule has 1 amide bonds. The third-order valence-electron chi connectivity index (χ3n) is 3.75. The molecule has 4 N–H and O–H groups in total. The Morgan fingerprint density at radius 3 is 2.58 bits per heavy atom. The SMILES string of the molecule is NC(=O)C1CCN(CC(N)c2ccccc2F)CC1. The van der Waals surface area contributed by atoms with Crippen molar-refractivity contribution in [3.05, 3.63) is 35.6 Å². The zero-order valence-electron chi connectivity index (χ0n) is 10.9. The first-order valence-electron chi connectivity index (χ1n) is 6.59. The van der Waals surface area contributed by atoms with Crippen LogP contribution in [0.2, 0.25) is 0 Å². The first-order chi connectivity index (χ1) is 9.08. The van der Waals surface area contributed by atoms with Crippen molar-refractivity contribution in [2.45, 2.75) is 18.9 Å². The first kappa shape index (κ1) is 14.0. The summed E-state index contributed by atoms with van der Waals surface area (Å²) >= 11 is 0. The van der Waals surface area contributed by atoms with Crippen molar-refractivity contribution in [3.63, 3.8) is 0 Å². The van der Waals surface area contributed by atoms with Crippen LogP contribution in [0.5, 0.6) is 0 Å². The molecule has 0 radical (unpaired) electrons. The van der Waals surface area contributed by atoms with Gasteiger partial charge in [0.05, 0.1) is 0 Å². The van der Waals surface area contributed by atoms with Crippen LogP contribution in [0.1, 0.15) is 24.4 Å². The number of carbonyl (C=O) groups excluding carboxylic acids is 1. The molecule has 0 bridgehead atoms. The number of nitrogens with zero attached hydrogens (tertiary/aromatic N) is 1. The Bertz CT molecular complexity index is 444. The van der Waals surface area contributed by atoms with Crippen molar-refractivity contribution in [1.29, 1.82) is 0 Å². The molecule has 1 saturated heterocycles. The molecule has 1 fully saturated rings. The lowest BCUT2D eigenvalue weighted by Gasteiger charge is -2.32. The predicted octanol–water partition coefficient (Wildman–Crippen LogP) is 1.02. The van der Waals surface area contributed by atoms with E-state index in [9.17, 15) is 9.18 Å². The summed E-state index contributed by atoms with van der Waals surface area (Å²) in [6.45, 7) is 2.18. The summed E-state index contributed by atoms with van der Waals surface area (Å²) in [5.41, 5.74) is 11.9. The summed E-state index contributed by atoms with van der Waals surface area (Å²) in [5, 5.41) is 0. The average molecular weight is 265 g/mol. The van der Waals surface area contributed by atoms with Gasteiger partial charge in [0.1, 0.15) is 5.82 Å². The van der Waals surface area contributed by atoms with Crippen LogP contribution in [0.15, 0.2) is 24.3 Å². The molecular formula is C14H20FN3O. The third-order valence-corrected chi connectivity index (χ3v) is 3.75. The molecule has 0 spiro atoms. The van der Waals surface area contributed by atoms with E-state index in [0.29, 0.717) is 12.1 Å². The molecule has 1 aliphatic heterocycles. The highest BCUT2D eigenvalue weighted by molar-refractivity contribution is 5.76. The topological polar surface area (TPSA) is 72.4 Å². The van der Waals surface area contributed by atoms with Crippen LogP contribution in [0.3, 0.4) is 0 Å². The maximum atomic E-state index is 13.6. The number of halogens is 1. The van der Waals surface area contributed by atoms with Gasteiger partial charge in [0, 0.05) is 24.1 Å². The van der Waals surface area contributed by atoms with Gasteiger partial charge in [-0.1, -0.05) is 18.2 Å². The minimum atomic E-state index is -0.341. The van der Waals surface area contributed by atoms with Crippen molar-refractivity contribution < 1.29 is 9.18 Å². The van der Waals surface area contributed by atoms with Gasteiger partial charge in [-0.3, -0.25) is 4.79 Å². The van der Waals surface area contributed by atoms with Crippen LogP contribution in [-0.2, 0) is 4.79 Å². The zero-order chi connectivity index (χ0) is 13.8. The molecule has 1 aromatic rings. The molecule has 4 nitrogen and oxygen atoms in total. The van der Waals surface area contributed by atoms with E-state index in [1.807, 2.05) is 0 Å². The van der Waals surface area contributed by atoms with Crippen molar-refractivity contribution in [2.24, 2.45) is 17.4 Å². The summed E-state index contributed by atoms with van der Waals surface area (Å²) in [5.74, 6) is -0.513. The fraction of sp³-hybridized carbons (Fsp3) is 0.500. The quantitative estimate of drug-likeness (QED) is 0.854. The van der Waals surface area contributed by atoms with E-state index in [1.165, 1.54) is 6.07 Å². The van der Waals surface area contributed by atoms with E-state index in [4.69, 9.17) is 11.5 Å². The molecule has 19 heavy (non-hydrogen) atoms. The first-order valence-corrected chi connectivity index (χ1v) is 6.59. The molecule has 1 aromatic carbocycles. The highest BCUT2D eigenvalue weighted by Gasteiger charge is 2.24. The molecule has 1 atom stereocenters. The summed E-state index contributed by atoms with van der Waals surface area (Å²) in [4.78, 5) is 13.2. The van der Waals surface area contributed by atoms with Gasteiger partial charge in [-0.2, -0.15) is 0 Å². The van der Waals surface area contributed by atoms with Crippen molar-refractivity contribution in [2.75, 3.05) is 19.6 Å². The second kappa shape index (κ2) is 6.12.